The van der Waals surface area contributed by atoms with Crippen molar-refractivity contribution in [3.63, 3.8) is 0 Å². The lowest BCUT2D eigenvalue weighted by molar-refractivity contribution is -0.119. The Balaban J connectivity index is 1.82. The molecule has 3 aromatic rings. The number of hydrogen-bond donors (Lipinski definition) is 2. The molecule has 2 aromatic carbocycles. The Morgan fingerprint density at radius 2 is 1.76 bits per heavy atom. The van der Waals surface area contributed by atoms with Crippen LogP contribution in [0.2, 0.25) is 0 Å². The highest BCUT2D eigenvalue weighted by atomic mass is 16.5. The normalized spacial score (nSPS) is 16.9. The van der Waals surface area contributed by atoms with Crippen LogP contribution in [0.5, 0.6) is 11.5 Å². The Labute approximate surface area is 168 Å². The molecule has 146 valence electrons. The van der Waals surface area contributed by atoms with Gasteiger partial charge in [-0.1, -0.05) is 24.3 Å². The van der Waals surface area contributed by atoms with Crippen LogP contribution in [0.15, 0.2) is 79.1 Å². The van der Waals surface area contributed by atoms with Gasteiger partial charge in [0, 0.05) is 18.5 Å². The molecule has 7 heteroatoms. The first kappa shape index (κ1) is 18.5. The first-order valence-corrected chi connectivity index (χ1v) is 9.12. The molecule has 2 N–H and O–H groups in total. The number of carbonyl (C=O) groups is 1. The molecular formula is C22H20N4O3. The summed E-state index contributed by atoms with van der Waals surface area (Å²) in [6, 6.07) is 18.1. The summed E-state index contributed by atoms with van der Waals surface area (Å²) >= 11 is 0. The topological polar surface area (TPSA) is 87.6 Å². The van der Waals surface area contributed by atoms with Crippen molar-refractivity contribution in [1.82, 2.24) is 20.4 Å². The highest BCUT2D eigenvalue weighted by Crippen LogP contribution is 2.36. The fourth-order valence-corrected chi connectivity index (χ4v) is 3.40. The van der Waals surface area contributed by atoms with Gasteiger partial charge in [0.2, 0.25) is 5.91 Å². The SMILES string of the molecule is COc1ccc([C@H](c2ccc(O)cc2)N2C=CC(=O)NC2c2cccnn2)cc1. The number of methoxy groups -OCH3 is 1. The van der Waals surface area contributed by atoms with Gasteiger partial charge in [0.1, 0.15) is 23.4 Å². The van der Waals surface area contributed by atoms with Crippen molar-refractivity contribution in [2.45, 2.75) is 12.2 Å². The first-order chi connectivity index (χ1) is 14.2. The lowest BCUT2D eigenvalue weighted by Gasteiger charge is -2.39. The molecule has 4 rings (SSSR count). The van der Waals surface area contributed by atoms with Gasteiger partial charge < -0.3 is 20.1 Å². The van der Waals surface area contributed by atoms with E-state index in [2.05, 4.69) is 15.5 Å². The third-order valence-corrected chi connectivity index (χ3v) is 4.79. The van der Waals surface area contributed by atoms with Gasteiger partial charge >= 0.3 is 0 Å². The Bertz CT molecular complexity index is 1000. The Hall–Kier alpha value is -3.87. The van der Waals surface area contributed by atoms with E-state index in [0.717, 1.165) is 16.9 Å². The highest BCUT2D eigenvalue weighted by Gasteiger charge is 2.32. The van der Waals surface area contributed by atoms with Gasteiger partial charge in [-0.25, -0.2) is 0 Å². The zero-order valence-electron chi connectivity index (χ0n) is 15.8. The number of phenolic OH excluding ortho intramolecular Hbond substituents is 1. The van der Waals surface area contributed by atoms with Crippen molar-refractivity contribution in [3.8, 4) is 11.5 Å². The smallest absolute Gasteiger partial charge is 0.247 e. The van der Waals surface area contributed by atoms with E-state index in [0.29, 0.717) is 5.69 Å². The molecule has 1 aliphatic heterocycles. The standard InChI is InChI=1S/C22H20N4O3/c1-29-18-10-6-16(7-11-18)21(15-4-8-17(27)9-5-15)26-14-12-20(28)24-22(26)19-3-2-13-23-25-19/h2-14,21-22,27H,1H3,(H,24,28)/t21-,22?/m0/s1. The zero-order valence-corrected chi connectivity index (χ0v) is 15.8. The zero-order chi connectivity index (χ0) is 20.2. The molecule has 0 aliphatic carbocycles. The number of ether oxygens (including phenoxy) is 1. The van der Waals surface area contributed by atoms with E-state index in [1.54, 1.807) is 37.7 Å². The Morgan fingerprint density at radius 3 is 2.38 bits per heavy atom. The van der Waals surface area contributed by atoms with Crippen molar-refractivity contribution < 1.29 is 14.6 Å². The number of rotatable bonds is 5. The summed E-state index contributed by atoms with van der Waals surface area (Å²) in [7, 11) is 1.62. The second kappa shape index (κ2) is 8.02. The molecule has 2 heterocycles. The van der Waals surface area contributed by atoms with E-state index in [1.165, 1.54) is 6.08 Å². The molecule has 7 nitrogen and oxygen atoms in total. The number of aromatic nitrogens is 2. The molecule has 0 saturated heterocycles. The van der Waals surface area contributed by atoms with E-state index >= 15 is 0 Å². The molecule has 1 unspecified atom stereocenters. The van der Waals surface area contributed by atoms with Gasteiger partial charge in [0.25, 0.3) is 0 Å². The van der Waals surface area contributed by atoms with Gasteiger partial charge in [-0.15, -0.1) is 0 Å². The maximum Gasteiger partial charge on any atom is 0.247 e. The number of amides is 1. The predicted octanol–water partition coefficient (Wildman–Crippen LogP) is 2.92. The second-order valence-electron chi connectivity index (χ2n) is 6.59. The van der Waals surface area contributed by atoms with Crippen LogP contribution in [0, 0.1) is 0 Å². The number of phenols is 1. The monoisotopic (exact) mass is 388 g/mol. The van der Waals surface area contributed by atoms with E-state index in [9.17, 15) is 9.90 Å². The average molecular weight is 388 g/mol. The number of nitrogens with one attached hydrogen (secondary N) is 1. The summed E-state index contributed by atoms with van der Waals surface area (Å²) in [6.07, 6.45) is 4.35. The average Bonchev–Trinajstić information content (AvgIpc) is 2.77. The molecule has 0 fully saturated rings. The van der Waals surface area contributed by atoms with Crippen LogP contribution >= 0.6 is 0 Å². The number of aromatic hydroxyl groups is 1. The number of nitrogens with zero attached hydrogens (tertiary/aromatic N) is 3. The van der Waals surface area contributed by atoms with E-state index in [1.807, 2.05) is 47.4 Å². The predicted molar refractivity (Wildman–Crippen MR) is 107 cm³/mol. The first-order valence-electron chi connectivity index (χ1n) is 9.12. The minimum Gasteiger partial charge on any atom is -0.508 e. The van der Waals surface area contributed by atoms with Crippen LogP contribution in [0.25, 0.3) is 0 Å². The van der Waals surface area contributed by atoms with Crippen LogP contribution in [-0.4, -0.2) is 33.2 Å². The lowest BCUT2D eigenvalue weighted by atomic mass is 9.95. The number of benzene rings is 2. The van der Waals surface area contributed by atoms with Crippen LogP contribution in [-0.2, 0) is 4.79 Å². The minimum absolute atomic E-state index is 0.190. The summed E-state index contributed by atoms with van der Waals surface area (Å²) in [4.78, 5) is 14.1. The molecule has 29 heavy (non-hydrogen) atoms. The van der Waals surface area contributed by atoms with Crippen molar-refractivity contribution in [2.75, 3.05) is 7.11 Å². The van der Waals surface area contributed by atoms with E-state index in [-0.39, 0.29) is 17.7 Å². The quantitative estimate of drug-likeness (QED) is 0.699. The Morgan fingerprint density at radius 1 is 1.07 bits per heavy atom. The van der Waals surface area contributed by atoms with Crippen molar-refractivity contribution >= 4 is 5.91 Å². The lowest BCUT2D eigenvalue weighted by Crippen LogP contribution is -2.44. The van der Waals surface area contributed by atoms with Crippen LogP contribution < -0.4 is 10.1 Å². The maximum atomic E-state index is 12.1. The summed E-state index contributed by atoms with van der Waals surface area (Å²) in [5.41, 5.74) is 2.57. The third-order valence-electron chi connectivity index (χ3n) is 4.79. The fraction of sp³-hybridized carbons (Fsp3) is 0.136. The van der Waals surface area contributed by atoms with E-state index < -0.39 is 6.17 Å². The van der Waals surface area contributed by atoms with Gasteiger partial charge in [-0.05, 0) is 47.5 Å². The molecule has 2 atom stereocenters. The van der Waals surface area contributed by atoms with Crippen LogP contribution in [0.4, 0.5) is 0 Å². The van der Waals surface area contributed by atoms with Gasteiger partial charge in [0.05, 0.1) is 13.2 Å². The van der Waals surface area contributed by atoms with Gasteiger partial charge in [0.15, 0.2) is 0 Å². The minimum atomic E-state index is -0.498. The highest BCUT2D eigenvalue weighted by molar-refractivity contribution is 5.88. The molecule has 1 aliphatic rings. The summed E-state index contributed by atoms with van der Waals surface area (Å²) in [5, 5.41) is 20.8. The van der Waals surface area contributed by atoms with Crippen LogP contribution in [0.1, 0.15) is 29.0 Å². The van der Waals surface area contributed by atoms with Crippen LogP contribution in [0.3, 0.4) is 0 Å². The molecular weight excluding hydrogens is 368 g/mol. The Kier molecular flexibility index (Phi) is 5.11. The molecule has 0 spiro atoms. The van der Waals surface area contributed by atoms with Crippen molar-refractivity contribution in [3.05, 3.63) is 96.0 Å². The number of carbonyl (C=O) groups excluding carboxylic acids is 1. The fourth-order valence-electron chi connectivity index (χ4n) is 3.40. The molecule has 1 aromatic heterocycles. The molecule has 0 radical (unpaired) electrons. The largest absolute Gasteiger partial charge is 0.508 e. The second-order valence-corrected chi connectivity index (χ2v) is 6.59. The van der Waals surface area contributed by atoms with Crippen molar-refractivity contribution in [1.29, 1.82) is 0 Å². The van der Waals surface area contributed by atoms with E-state index in [4.69, 9.17) is 4.74 Å². The summed E-state index contributed by atoms with van der Waals surface area (Å²) < 4.78 is 5.28. The van der Waals surface area contributed by atoms with Gasteiger partial charge in [-0.2, -0.15) is 10.2 Å². The maximum absolute atomic E-state index is 12.1. The van der Waals surface area contributed by atoms with Gasteiger partial charge in [-0.3, -0.25) is 4.79 Å². The summed E-state index contributed by atoms with van der Waals surface area (Å²) in [5.74, 6) is 0.748. The molecule has 0 saturated carbocycles. The summed E-state index contributed by atoms with van der Waals surface area (Å²) in [6.45, 7) is 0. The number of hydrogen-bond acceptors (Lipinski definition) is 6. The molecule has 1 amide bonds. The molecule has 0 bridgehead atoms. The third kappa shape index (κ3) is 3.89. The van der Waals surface area contributed by atoms with Crippen molar-refractivity contribution in [2.24, 2.45) is 0 Å².